The molecule has 1 amide bonds. The number of hydrogen-bond acceptors (Lipinski definition) is 10. The fourth-order valence-electron chi connectivity index (χ4n) is 9.83. The highest BCUT2D eigenvalue weighted by atomic mass is 16.7. The van der Waals surface area contributed by atoms with Gasteiger partial charge >= 0.3 is 5.97 Å². The highest BCUT2D eigenvalue weighted by molar-refractivity contribution is 5.80. The van der Waals surface area contributed by atoms with Gasteiger partial charge in [-0.3, -0.25) is 9.59 Å². The molecule has 1 aliphatic heterocycles. The van der Waals surface area contributed by atoms with Crippen LogP contribution in [0.3, 0.4) is 0 Å². The Bertz CT molecular complexity index is 1210. The molecule has 1 rings (SSSR count). The molecule has 0 aliphatic carbocycles. The maximum absolute atomic E-state index is 13.4. The Morgan fingerprint density at radius 3 is 1.32 bits per heavy atom. The van der Waals surface area contributed by atoms with Crippen LogP contribution in [0.5, 0.6) is 0 Å². The van der Waals surface area contributed by atoms with Crippen LogP contribution in [0, 0.1) is 0 Å². The van der Waals surface area contributed by atoms with Gasteiger partial charge in [0.2, 0.25) is 5.91 Å². The maximum Gasteiger partial charge on any atom is 0.306 e. The number of carbonyl (C=O) groups is 2. The van der Waals surface area contributed by atoms with Crippen LogP contribution in [0.15, 0.2) is 12.2 Å². The summed E-state index contributed by atoms with van der Waals surface area (Å²) in [4.78, 5) is 26.5. The molecule has 8 atom stereocenters. The molecule has 0 bridgehead atoms. The summed E-state index contributed by atoms with van der Waals surface area (Å²) in [6, 6.07) is -1.01. The average molecular weight is 1010 g/mol. The average Bonchev–Trinajstić information content (AvgIpc) is 3.37. The van der Waals surface area contributed by atoms with Crippen LogP contribution in [0.4, 0.5) is 0 Å². The van der Waals surface area contributed by atoms with Crippen LogP contribution in [0.2, 0.25) is 0 Å². The smallest absolute Gasteiger partial charge is 0.306 e. The van der Waals surface area contributed by atoms with Crippen LogP contribution in [-0.4, -0.2) is 99.6 Å². The van der Waals surface area contributed by atoms with Crippen molar-refractivity contribution in [3.63, 3.8) is 0 Å². The van der Waals surface area contributed by atoms with Gasteiger partial charge in [-0.15, -0.1) is 0 Å². The van der Waals surface area contributed by atoms with E-state index in [0.717, 1.165) is 57.8 Å². The first-order valence-corrected chi connectivity index (χ1v) is 30.5. The number of unbranched alkanes of at least 4 members (excludes halogenated alkanes) is 38. The zero-order chi connectivity index (χ0) is 51.8. The lowest BCUT2D eigenvalue weighted by Crippen LogP contribution is -2.61. The number of esters is 1. The Morgan fingerprint density at radius 2 is 0.915 bits per heavy atom. The van der Waals surface area contributed by atoms with E-state index in [1.165, 1.54) is 193 Å². The van der Waals surface area contributed by atoms with Crippen molar-refractivity contribution in [2.24, 2.45) is 0 Å². The summed E-state index contributed by atoms with van der Waals surface area (Å²) >= 11 is 0. The van der Waals surface area contributed by atoms with E-state index in [2.05, 4.69) is 26.1 Å². The normalized spacial score (nSPS) is 19.6. The molecule has 0 aromatic heterocycles. The molecule has 1 aliphatic rings. The van der Waals surface area contributed by atoms with Gasteiger partial charge in [0.25, 0.3) is 0 Å². The first kappa shape index (κ1) is 67.4. The highest BCUT2D eigenvalue weighted by Gasteiger charge is 2.47. The minimum absolute atomic E-state index is 0.132. The third-order valence-electron chi connectivity index (χ3n) is 14.7. The molecule has 0 spiro atoms. The predicted octanol–water partition coefficient (Wildman–Crippen LogP) is 14.0. The second-order valence-electron chi connectivity index (χ2n) is 21.5. The number of amides is 1. The van der Waals surface area contributed by atoms with E-state index in [1.54, 1.807) is 6.08 Å². The fraction of sp³-hybridized carbons (Fsp3) is 0.933. The van der Waals surface area contributed by atoms with Gasteiger partial charge in [-0.05, 0) is 25.7 Å². The summed E-state index contributed by atoms with van der Waals surface area (Å²) in [5.41, 5.74) is 0. The summed E-state index contributed by atoms with van der Waals surface area (Å²) in [5, 5.41) is 56.8. The van der Waals surface area contributed by atoms with Crippen molar-refractivity contribution in [1.29, 1.82) is 0 Å². The zero-order valence-corrected chi connectivity index (χ0v) is 46.4. The molecular formula is C60H115NO10. The fourth-order valence-corrected chi connectivity index (χ4v) is 9.83. The van der Waals surface area contributed by atoms with Gasteiger partial charge in [-0.1, -0.05) is 277 Å². The number of carbonyl (C=O) groups excluding carboxylic acids is 2. The molecule has 1 saturated heterocycles. The minimum atomic E-state index is -1.61. The summed E-state index contributed by atoms with van der Waals surface area (Å²) in [7, 11) is 0. The molecule has 0 saturated carbocycles. The van der Waals surface area contributed by atoms with Gasteiger partial charge in [0.05, 0.1) is 25.4 Å². The van der Waals surface area contributed by atoms with Crippen LogP contribution in [0.1, 0.15) is 297 Å². The van der Waals surface area contributed by atoms with E-state index < -0.39 is 67.4 Å². The van der Waals surface area contributed by atoms with Crippen molar-refractivity contribution in [1.82, 2.24) is 5.32 Å². The van der Waals surface area contributed by atoms with E-state index >= 15 is 0 Å². The molecule has 11 heteroatoms. The summed E-state index contributed by atoms with van der Waals surface area (Å²) < 4.78 is 17.6. The molecule has 0 aromatic carbocycles. The summed E-state index contributed by atoms with van der Waals surface area (Å²) in [6.07, 6.45) is 44.0. The Kier molecular flexibility index (Phi) is 46.8. The van der Waals surface area contributed by atoms with Crippen LogP contribution >= 0.6 is 0 Å². The number of aliphatic hydroxyl groups is 5. The molecule has 11 nitrogen and oxygen atoms in total. The largest absolute Gasteiger partial charge is 0.454 e. The first-order chi connectivity index (χ1) is 34.7. The van der Waals surface area contributed by atoms with Gasteiger partial charge in [0.15, 0.2) is 12.4 Å². The molecule has 8 unspecified atom stereocenters. The van der Waals surface area contributed by atoms with Crippen LogP contribution < -0.4 is 5.32 Å². The standard InChI is InChI=1S/C60H115NO10/c1-4-7-10-13-16-19-22-24-25-26-27-28-29-30-33-36-39-42-45-48-55(65)71-58-57(67)56(66)54(49-62)70-60(58)69-50-51(52(63)46-43-40-37-34-31-21-18-15-12-9-6-3)61-59(68)53(64)47-44-41-38-35-32-23-20-17-14-11-8-5-2/h43,46,51-54,56-58,60,62-64,66-67H,4-42,44-45,47-50H2,1-3H3,(H,61,68)/b46-43+. The van der Waals surface area contributed by atoms with Gasteiger partial charge < -0.3 is 45.1 Å². The van der Waals surface area contributed by atoms with Crippen molar-refractivity contribution in [3.05, 3.63) is 12.2 Å². The van der Waals surface area contributed by atoms with Gasteiger partial charge in [-0.2, -0.15) is 0 Å². The lowest BCUT2D eigenvalue weighted by molar-refractivity contribution is -0.305. The number of ether oxygens (including phenoxy) is 3. The first-order valence-electron chi connectivity index (χ1n) is 30.5. The van der Waals surface area contributed by atoms with Crippen LogP contribution in [0.25, 0.3) is 0 Å². The summed E-state index contributed by atoms with van der Waals surface area (Å²) in [6.45, 7) is 5.80. The van der Waals surface area contributed by atoms with Crippen molar-refractivity contribution in [2.75, 3.05) is 13.2 Å². The number of nitrogens with one attached hydrogen (secondary N) is 1. The number of aliphatic hydroxyl groups excluding tert-OH is 5. The van der Waals surface area contributed by atoms with E-state index in [1.807, 2.05) is 6.08 Å². The van der Waals surface area contributed by atoms with Gasteiger partial charge in [0, 0.05) is 6.42 Å². The second-order valence-corrected chi connectivity index (χ2v) is 21.5. The Morgan fingerprint density at radius 1 is 0.535 bits per heavy atom. The highest BCUT2D eigenvalue weighted by Crippen LogP contribution is 2.26. The monoisotopic (exact) mass is 1010 g/mol. The molecule has 0 radical (unpaired) electrons. The van der Waals surface area contributed by atoms with Crippen LogP contribution in [-0.2, 0) is 23.8 Å². The third kappa shape index (κ3) is 37.7. The summed E-state index contributed by atoms with van der Waals surface area (Å²) in [5.74, 6) is -1.18. The number of hydrogen-bond donors (Lipinski definition) is 6. The molecule has 0 aromatic rings. The van der Waals surface area contributed by atoms with E-state index in [4.69, 9.17) is 14.2 Å². The second kappa shape index (κ2) is 49.3. The quantitative estimate of drug-likeness (QED) is 0.0195. The third-order valence-corrected chi connectivity index (χ3v) is 14.7. The molecular weight excluding hydrogens is 895 g/mol. The maximum atomic E-state index is 13.4. The van der Waals surface area contributed by atoms with E-state index in [-0.39, 0.29) is 13.0 Å². The van der Waals surface area contributed by atoms with Crippen molar-refractivity contribution in [2.45, 2.75) is 346 Å². The molecule has 1 fully saturated rings. The van der Waals surface area contributed by atoms with E-state index in [0.29, 0.717) is 19.3 Å². The lowest BCUT2D eigenvalue weighted by atomic mass is 9.99. The zero-order valence-electron chi connectivity index (χ0n) is 46.4. The van der Waals surface area contributed by atoms with Crippen molar-refractivity contribution in [3.8, 4) is 0 Å². The van der Waals surface area contributed by atoms with Gasteiger partial charge in [0.1, 0.15) is 24.4 Å². The number of rotatable bonds is 52. The SMILES string of the molecule is CCCCCCCCCCC/C=C/C(O)C(COC1OC(CO)C(O)C(O)C1OC(=O)CCCCCCCCCCCCCCCCCCCCC)NC(=O)C(O)CCCCCCCCCCCCCC. The molecule has 6 N–H and O–H groups in total. The minimum Gasteiger partial charge on any atom is -0.454 e. The predicted molar refractivity (Wildman–Crippen MR) is 292 cm³/mol. The molecule has 71 heavy (non-hydrogen) atoms. The Labute approximate surface area is 436 Å². The molecule has 420 valence electrons. The van der Waals surface area contributed by atoms with Gasteiger partial charge in [-0.25, -0.2) is 0 Å². The van der Waals surface area contributed by atoms with Crippen molar-refractivity contribution >= 4 is 11.9 Å². The van der Waals surface area contributed by atoms with Crippen molar-refractivity contribution < 1.29 is 49.3 Å². The lowest BCUT2D eigenvalue weighted by Gasteiger charge is -2.41. The Hall–Kier alpha value is -1.60. The topological polar surface area (TPSA) is 175 Å². The molecule has 1 heterocycles. The van der Waals surface area contributed by atoms with E-state index in [9.17, 15) is 35.1 Å². The Balaban J connectivity index is 2.64. The number of allylic oxidation sites excluding steroid dienone is 1.